The van der Waals surface area contributed by atoms with E-state index in [1.807, 2.05) is 0 Å². The minimum atomic E-state index is 0.485. The average Bonchev–Trinajstić information content (AvgIpc) is 2.75. The molecule has 2 aliphatic rings. The molecule has 1 saturated heterocycles. The van der Waals surface area contributed by atoms with Crippen molar-refractivity contribution >= 4 is 0 Å². The Morgan fingerprint density at radius 3 is 2.41 bits per heavy atom. The molecule has 0 aromatic rings. The lowest BCUT2D eigenvalue weighted by atomic mass is 9.83. The Morgan fingerprint density at radius 2 is 1.82 bits per heavy atom. The van der Waals surface area contributed by atoms with Crippen LogP contribution in [-0.4, -0.2) is 24.8 Å². The number of hydrogen-bond donors (Lipinski definition) is 1. The van der Waals surface area contributed by atoms with Crippen LogP contribution in [0.15, 0.2) is 0 Å². The highest BCUT2D eigenvalue weighted by Crippen LogP contribution is 2.28. The number of nitrogens with one attached hydrogen (secondary N) is 1. The van der Waals surface area contributed by atoms with Crippen molar-refractivity contribution in [1.29, 1.82) is 0 Å². The molecule has 0 bridgehead atoms. The quantitative estimate of drug-likeness (QED) is 0.793. The van der Waals surface area contributed by atoms with E-state index in [1.165, 1.54) is 51.4 Å². The summed E-state index contributed by atoms with van der Waals surface area (Å²) in [7, 11) is 0. The van der Waals surface area contributed by atoms with Crippen molar-refractivity contribution in [3.8, 4) is 0 Å². The maximum atomic E-state index is 5.85. The van der Waals surface area contributed by atoms with E-state index in [4.69, 9.17) is 4.74 Å². The summed E-state index contributed by atoms with van der Waals surface area (Å²) >= 11 is 0. The van der Waals surface area contributed by atoms with E-state index in [-0.39, 0.29) is 0 Å². The van der Waals surface area contributed by atoms with Crippen LogP contribution in [0.3, 0.4) is 0 Å². The van der Waals surface area contributed by atoms with Gasteiger partial charge in [0.2, 0.25) is 0 Å². The van der Waals surface area contributed by atoms with Gasteiger partial charge in [0.25, 0.3) is 0 Å². The fourth-order valence-corrected chi connectivity index (χ4v) is 3.40. The number of rotatable bonds is 5. The largest absolute Gasteiger partial charge is 0.374 e. The monoisotopic (exact) mass is 239 g/mol. The van der Waals surface area contributed by atoms with E-state index in [1.54, 1.807) is 0 Å². The minimum Gasteiger partial charge on any atom is -0.374 e. The first kappa shape index (κ1) is 13.4. The molecule has 0 amide bonds. The predicted octanol–water partition coefficient (Wildman–Crippen LogP) is 3.50. The summed E-state index contributed by atoms with van der Waals surface area (Å²) in [6.07, 6.45) is 11.9. The molecular weight excluding hydrogens is 210 g/mol. The molecule has 17 heavy (non-hydrogen) atoms. The summed E-state index contributed by atoms with van der Waals surface area (Å²) in [6.45, 7) is 5.58. The Labute approximate surface area is 107 Å². The van der Waals surface area contributed by atoms with Gasteiger partial charge in [0.1, 0.15) is 0 Å². The summed E-state index contributed by atoms with van der Waals surface area (Å²) in [5.41, 5.74) is 0. The van der Waals surface area contributed by atoms with Crippen molar-refractivity contribution in [1.82, 2.24) is 5.32 Å². The van der Waals surface area contributed by atoms with Crippen LogP contribution >= 0.6 is 0 Å². The Bertz CT molecular complexity index is 211. The molecule has 1 aliphatic heterocycles. The molecule has 2 atom stereocenters. The van der Waals surface area contributed by atoms with Crippen LogP contribution in [0.1, 0.15) is 65.2 Å². The van der Waals surface area contributed by atoms with Gasteiger partial charge < -0.3 is 10.1 Å². The van der Waals surface area contributed by atoms with E-state index in [0.29, 0.717) is 12.2 Å². The Morgan fingerprint density at radius 1 is 1.06 bits per heavy atom. The first-order valence-corrected chi connectivity index (χ1v) is 7.66. The SMILES string of the molecule is CCCC1CCC(NCC2CCC(C)O2)CC1. The molecule has 2 rings (SSSR count). The maximum absolute atomic E-state index is 5.85. The van der Waals surface area contributed by atoms with Crippen LogP contribution in [0, 0.1) is 5.92 Å². The van der Waals surface area contributed by atoms with Gasteiger partial charge >= 0.3 is 0 Å². The van der Waals surface area contributed by atoms with Crippen molar-refractivity contribution in [2.24, 2.45) is 5.92 Å². The third-order valence-corrected chi connectivity index (χ3v) is 4.50. The highest BCUT2D eigenvalue weighted by atomic mass is 16.5. The van der Waals surface area contributed by atoms with Crippen molar-refractivity contribution in [2.75, 3.05) is 6.54 Å². The van der Waals surface area contributed by atoms with E-state index >= 15 is 0 Å². The fraction of sp³-hybridized carbons (Fsp3) is 1.00. The van der Waals surface area contributed by atoms with Crippen LogP contribution in [0.4, 0.5) is 0 Å². The van der Waals surface area contributed by atoms with Gasteiger partial charge in [-0.3, -0.25) is 0 Å². The van der Waals surface area contributed by atoms with Gasteiger partial charge in [-0.2, -0.15) is 0 Å². The normalized spacial score (nSPS) is 38.5. The standard InChI is InChI=1S/C15H29NO/c1-3-4-13-6-8-14(9-7-13)16-11-15-10-5-12(2)17-15/h12-16H,3-11H2,1-2H3. The lowest BCUT2D eigenvalue weighted by Crippen LogP contribution is -2.38. The molecule has 2 fully saturated rings. The van der Waals surface area contributed by atoms with Crippen LogP contribution in [0.2, 0.25) is 0 Å². The molecule has 0 radical (unpaired) electrons. The van der Waals surface area contributed by atoms with Gasteiger partial charge in [0.05, 0.1) is 12.2 Å². The second-order valence-corrected chi connectivity index (χ2v) is 6.06. The lowest BCUT2D eigenvalue weighted by molar-refractivity contribution is 0.0529. The van der Waals surface area contributed by atoms with Gasteiger partial charge in [0.15, 0.2) is 0 Å². The number of ether oxygens (including phenoxy) is 1. The first-order chi connectivity index (χ1) is 8.28. The molecular formula is C15H29NO. The maximum Gasteiger partial charge on any atom is 0.0704 e. The van der Waals surface area contributed by atoms with Gasteiger partial charge in [-0.25, -0.2) is 0 Å². The third-order valence-electron chi connectivity index (χ3n) is 4.50. The zero-order valence-electron chi connectivity index (χ0n) is 11.6. The van der Waals surface area contributed by atoms with E-state index in [9.17, 15) is 0 Å². The van der Waals surface area contributed by atoms with Gasteiger partial charge in [0, 0.05) is 12.6 Å². The Hall–Kier alpha value is -0.0800. The molecule has 2 unspecified atom stereocenters. The van der Waals surface area contributed by atoms with Gasteiger partial charge in [-0.1, -0.05) is 19.8 Å². The zero-order valence-corrected chi connectivity index (χ0v) is 11.6. The van der Waals surface area contributed by atoms with Crippen LogP contribution < -0.4 is 5.32 Å². The summed E-state index contributed by atoms with van der Waals surface area (Å²) in [4.78, 5) is 0. The average molecular weight is 239 g/mol. The van der Waals surface area contributed by atoms with Crippen molar-refractivity contribution < 1.29 is 4.74 Å². The zero-order chi connectivity index (χ0) is 12.1. The molecule has 1 heterocycles. The minimum absolute atomic E-state index is 0.485. The van der Waals surface area contributed by atoms with E-state index in [2.05, 4.69) is 19.2 Å². The highest BCUT2D eigenvalue weighted by molar-refractivity contribution is 4.80. The molecule has 2 heteroatoms. The van der Waals surface area contributed by atoms with E-state index < -0.39 is 0 Å². The van der Waals surface area contributed by atoms with Crippen LogP contribution in [0.5, 0.6) is 0 Å². The molecule has 1 N–H and O–H groups in total. The van der Waals surface area contributed by atoms with Gasteiger partial charge in [-0.15, -0.1) is 0 Å². The fourth-order valence-electron chi connectivity index (χ4n) is 3.40. The molecule has 0 aromatic heterocycles. The van der Waals surface area contributed by atoms with Gasteiger partial charge in [-0.05, 0) is 51.4 Å². The summed E-state index contributed by atoms with van der Waals surface area (Å²) in [6, 6.07) is 0.766. The Balaban J connectivity index is 1.58. The van der Waals surface area contributed by atoms with Crippen molar-refractivity contribution in [2.45, 2.75) is 83.5 Å². The second-order valence-electron chi connectivity index (χ2n) is 6.06. The molecule has 2 nitrogen and oxygen atoms in total. The smallest absolute Gasteiger partial charge is 0.0704 e. The molecule has 100 valence electrons. The molecule has 1 saturated carbocycles. The van der Waals surface area contributed by atoms with Crippen molar-refractivity contribution in [3.05, 3.63) is 0 Å². The molecule has 0 spiro atoms. The lowest BCUT2D eigenvalue weighted by Gasteiger charge is -2.29. The summed E-state index contributed by atoms with van der Waals surface area (Å²) in [5.74, 6) is 1.01. The molecule has 1 aliphatic carbocycles. The summed E-state index contributed by atoms with van der Waals surface area (Å²) in [5, 5.41) is 3.72. The van der Waals surface area contributed by atoms with Crippen molar-refractivity contribution in [3.63, 3.8) is 0 Å². The Kier molecular flexibility index (Phi) is 5.30. The third kappa shape index (κ3) is 4.26. The summed E-state index contributed by atoms with van der Waals surface area (Å²) < 4.78 is 5.85. The van der Waals surface area contributed by atoms with E-state index in [0.717, 1.165) is 18.5 Å². The van der Waals surface area contributed by atoms with Crippen LogP contribution in [0.25, 0.3) is 0 Å². The highest BCUT2D eigenvalue weighted by Gasteiger charge is 2.24. The van der Waals surface area contributed by atoms with Crippen LogP contribution in [-0.2, 0) is 4.74 Å². The number of hydrogen-bond acceptors (Lipinski definition) is 2. The first-order valence-electron chi connectivity index (χ1n) is 7.66. The second kappa shape index (κ2) is 6.75. The topological polar surface area (TPSA) is 21.3 Å². The molecule has 0 aromatic carbocycles. The predicted molar refractivity (Wildman–Crippen MR) is 72.2 cm³/mol.